The molecule has 1 aliphatic heterocycles. The van der Waals surface area contributed by atoms with E-state index in [1.54, 1.807) is 7.11 Å². The normalized spacial score (nSPS) is 18.6. The van der Waals surface area contributed by atoms with Crippen molar-refractivity contribution in [2.75, 3.05) is 19.0 Å². The van der Waals surface area contributed by atoms with Crippen molar-refractivity contribution in [3.8, 4) is 5.75 Å². The Morgan fingerprint density at radius 3 is 2.67 bits per heavy atom. The van der Waals surface area contributed by atoms with Gasteiger partial charge in [-0.1, -0.05) is 32.5 Å². The molecule has 0 amide bonds. The average molecular weight is 436 g/mol. The van der Waals surface area contributed by atoms with Crippen molar-refractivity contribution in [3.05, 3.63) is 21.1 Å². The lowest BCUT2D eigenvalue weighted by Gasteiger charge is -2.21. The Labute approximate surface area is 147 Å². The van der Waals surface area contributed by atoms with E-state index >= 15 is 0 Å². The van der Waals surface area contributed by atoms with Crippen LogP contribution < -0.4 is 10.1 Å². The molecule has 3 nitrogen and oxygen atoms in total. The van der Waals surface area contributed by atoms with Gasteiger partial charge >= 0.3 is 0 Å². The first kappa shape index (κ1) is 17.2. The van der Waals surface area contributed by atoms with Gasteiger partial charge in [0.25, 0.3) is 0 Å². The van der Waals surface area contributed by atoms with Gasteiger partial charge in [-0.05, 0) is 49.8 Å². The van der Waals surface area contributed by atoms with Crippen LogP contribution >= 0.6 is 43.6 Å². The van der Waals surface area contributed by atoms with Gasteiger partial charge in [-0.2, -0.15) is 0 Å². The minimum Gasteiger partial charge on any atom is -0.495 e. The Kier molecular flexibility index (Phi) is 5.65. The SMILES string of the molecule is COc1cc(NC2=NCC(CC(C)(C)C)S2)c(Br)cc1Br. The lowest BCUT2D eigenvalue weighted by Crippen LogP contribution is -2.16. The number of nitrogens with one attached hydrogen (secondary N) is 1. The van der Waals surface area contributed by atoms with Crippen LogP contribution in [0.1, 0.15) is 27.2 Å². The highest BCUT2D eigenvalue weighted by molar-refractivity contribution is 9.11. The summed E-state index contributed by atoms with van der Waals surface area (Å²) in [6, 6.07) is 3.95. The molecule has 0 bridgehead atoms. The van der Waals surface area contributed by atoms with Gasteiger partial charge in [-0.15, -0.1) is 0 Å². The monoisotopic (exact) mass is 434 g/mol. The smallest absolute Gasteiger partial charge is 0.161 e. The van der Waals surface area contributed by atoms with Crippen molar-refractivity contribution in [3.63, 3.8) is 0 Å². The number of methoxy groups -OCH3 is 1. The molecule has 1 unspecified atom stereocenters. The number of ether oxygens (including phenoxy) is 1. The summed E-state index contributed by atoms with van der Waals surface area (Å²) in [5.41, 5.74) is 1.31. The van der Waals surface area contributed by atoms with Crippen LogP contribution in [0.15, 0.2) is 26.1 Å². The molecule has 1 aromatic rings. The highest BCUT2D eigenvalue weighted by atomic mass is 79.9. The van der Waals surface area contributed by atoms with E-state index in [4.69, 9.17) is 4.74 Å². The van der Waals surface area contributed by atoms with Crippen molar-refractivity contribution < 1.29 is 4.74 Å². The first-order valence-electron chi connectivity index (χ1n) is 6.79. The molecule has 0 saturated carbocycles. The number of nitrogens with zero attached hydrogens (tertiary/aromatic N) is 1. The summed E-state index contributed by atoms with van der Waals surface area (Å²) < 4.78 is 7.25. The lowest BCUT2D eigenvalue weighted by atomic mass is 9.90. The molecule has 0 saturated heterocycles. The minimum atomic E-state index is 0.337. The number of benzene rings is 1. The second-order valence-electron chi connectivity index (χ2n) is 6.24. The van der Waals surface area contributed by atoms with Crippen LogP contribution in [0.3, 0.4) is 0 Å². The van der Waals surface area contributed by atoms with Crippen LogP contribution in [0.25, 0.3) is 0 Å². The van der Waals surface area contributed by atoms with Gasteiger partial charge in [0.1, 0.15) is 5.75 Å². The van der Waals surface area contributed by atoms with Gasteiger partial charge in [0, 0.05) is 15.8 Å². The van der Waals surface area contributed by atoms with Crippen LogP contribution in [-0.2, 0) is 0 Å². The predicted octanol–water partition coefficient (Wildman–Crippen LogP) is 5.54. The summed E-state index contributed by atoms with van der Waals surface area (Å²) in [7, 11) is 1.67. The molecule has 1 N–H and O–H groups in total. The van der Waals surface area contributed by atoms with Crippen LogP contribution in [0.2, 0.25) is 0 Å². The average Bonchev–Trinajstić information content (AvgIpc) is 2.77. The van der Waals surface area contributed by atoms with E-state index in [1.165, 1.54) is 0 Å². The molecule has 1 aromatic carbocycles. The number of thioether (sulfide) groups is 1. The fourth-order valence-electron chi connectivity index (χ4n) is 2.17. The number of amidine groups is 1. The fourth-order valence-corrected chi connectivity index (χ4v) is 4.79. The third kappa shape index (κ3) is 4.89. The number of rotatable bonds is 3. The number of hydrogen-bond acceptors (Lipinski definition) is 4. The Bertz CT molecular complexity index is 555. The Hall–Kier alpha value is -0.200. The summed E-state index contributed by atoms with van der Waals surface area (Å²) in [5, 5.41) is 4.93. The molecule has 21 heavy (non-hydrogen) atoms. The van der Waals surface area contributed by atoms with Crippen molar-refractivity contribution in [2.45, 2.75) is 32.4 Å². The van der Waals surface area contributed by atoms with Crippen LogP contribution in [0, 0.1) is 5.41 Å². The molecule has 0 aliphatic carbocycles. The fraction of sp³-hybridized carbons (Fsp3) is 0.533. The molecule has 2 rings (SSSR count). The van der Waals surface area contributed by atoms with E-state index in [9.17, 15) is 0 Å². The zero-order chi connectivity index (χ0) is 15.6. The summed E-state index contributed by atoms with van der Waals surface area (Å²) >= 11 is 8.87. The van der Waals surface area contributed by atoms with Gasteiger partial charge in [-0.25, -0.2) is 0 Å². The molecular formula is C15H20Br2N2OS. The molecule has 0 aromatic heterocycles. The maximum atomic E-state index is 5.34. The zero-order valence-electron chi connectivity index (χ0n) is 12.7. The first-order chi connectivity index (χ1) is 9.78. The molecule has 0 fully saturated rings. The molecule has 6 heteroatoms. The third-order valence-corrected chi connectivity index (χ3v) is 5.42. The highest BCUT2D eigenvalue weighted by Gasteiger charge is 2.25. The third-order valence-electron chi connectivity index (χ3n) is 3.04. The van der Waals surface area contributed by atoms with Gasteiger partial charge in [0.15, 0.2) is 5.17 Å². The maximum Gasteiger partial charge on any atom is 0.161 e. The topological polar surface area (TPSA) is 33.6 Å². The molecule has 0 spiro atoms. The second-order valence-corrected chi connectivity index (χ2v) is 9.24. The largest absolute Gasteiger partial charge is 0.495 e. The van der Waals surface area contributed by atoms with E-state index in [2.05, 4.69) is 62.9 Å². The Morgan fingerprint density at radius 1 is 1.33 bits per heavy atom. The minimum absolute atomic E-state index is 0.337. The summed E-state index contributed by atoms with van der Waals surface area (Å²) in [6.07, 6.45) is 1.16. The predicted molar refractivity (Wildman–Crippen MR) is 99.8 cm³/mol. The number of halogens is 2. The van der Waals surface area contributed by atoms with Crippen molar-refractivity contribution in [2.24, 2.45) is 10.4 Å². The highest BCUT2D eigenvalue weighted by Crippen LogP contribution is 2.37. The van der Waals surface area contributed by atoms with Gasteiger partial charge in [0.2, 0.25) is 0 Å². The Balaban J connectivity index is 2.03. The molecule has 116 valence electrons. The van der Waals surface area contributed by atoms with Crippen LogP contribution in [-0.4, -0.2) is 24.1 Å². The molecule has 1 heterocycles. The first-order valence-corrected chi connectivity index (χ1v) is 9.26. The Morgan fingerprint density at radius 2 is 2.05 bits per heavy atom. The molecular weight excluding hydrogens is 416 g/mol. The van der Waals surface area contributed by atoms with E-state index in [0.29, 0.717) is 10.7 Å². The molecule has 0 radical (unpaired) electrons. The number of aliphatic imine (C=N–C) groups is 1. The number of anilines is 1. The van der Waals surface area contributed by atoms with Crippen molar-refractivity contribution in [1.82, 2.24) is 0 Å². The second kappa shape index (κ2) is 6.92. The van der Waals surface area contributed by atoms with Crippen LogP contribution in [0.4, 0.5) is 5.69 Å². The van der Waals surface area contributed by atoms with E-state index < -0.39 is 0 Å². The van der Waals surface area contributed by atoms with E-state index in [-0.39, 0.29) is 0 Å². The van der Waals surface area contributed by atoms with Crippen LogP contribution in [0.5, 0.6) is 5.75 Å². The maximum absolute atomic E-state index is 5.34. The summed E-state index contributed by atoms with van der Waals surface area (Å²) in [5.74, 6) is 0.801. The number of hydrogen-bond donors (Lipinski definition) is 1. The van der Waals surface area contributed by atoms with Crippen molar-refractivity contribution >= 4 is 54.5 Å². The zero-order valence-corrected chi connectivity index (χ0v) is 16.7. The van der Waals surface area contributed by atoms with E-state index in [1.807, 2.05) is 23.9 Å². The quantitative estimate of drug-likeness (QED) is 0.676. The molecule has 1 atom stereocenters. The molecule has 1 aliphatic rings. The van der Waals surface area contributed by atoms with Gasteiger partial charge < -0.3 is 10.1 Å². The van der Waals surface area contributed by atoms with Gasteiger partial charge in [-0.3, -0.25) is 4.99 Å². The standard InChI is InChI=1S/C15H20Br2N2OS/c1-15(2,3)7-9-8-18-14(21-9)19-12-6-13(20-4)11(17)5-10(12)16/h5-6,9H,7-8H2,1-4H3,(H,18,19). The summed E-state index contributed by atoms with van der Waals surface area (Å²) in [4.78, 5) is 4.61. The van der Waals surface area contributed by atoms with Crippen molar-refractivity contribution in [1.29, 1.82) is 0 Å². The lowest BCUT2D eigenvalue weighted by molar-refractivity contribution is 0.375. The van der Waals surface area contributed by atoms with Gasteiger partial charge in [0.05, 0.1) is 23.8 Å². The summed E-state index contributed by atoms with van der Waals surface area (Å²) in [6.45, 7) is 7.70. The van der Waals surface area contributed by atoms with E-state index in [0.717, 1.165) is 38.5 Å².